The second-order valence-electron chi connectivity index (χ2n) is 8.02. The van der Waals surface area contributed by atoms with Crippen molar-refractivity contribution in [1.29, 1.82) is 0 Å². The molecule has 3 heteroatoms. The number of benzene rings is 1. The van der Waals surface area contributed by atoms with Crippen LogP contribution < -0.4 is 0 Å². The Morgan fingerprint density at radius 3 is 1.70 bits per heavy atom. The number of hydrogen-bond donors (Lipinski definition) is 1. The maximum absolute atomic E-state index is 11.6. The quantitative estimate of drug-likeness (QED) is 0.169. The van der Waals surface area contributed by atoms with Crippen LogP contribution in [0.1, 0.15) is 119 Å². The molecule has 0 spiro atoms. The number of rotatable bonds is 17. The Labute approximate surface area is 184 Å². The topological polar surface area (TPSA) is 46.5 Å². The average molecular weight is 415 g/mol. The SMILES string of the molecule is CCOC(=O)c1ccc(C#CCCCCCCCCCCCCCCCCO)cc1. The molecule has 1 rings (SSSR count). The van der Waals surface area contributed by atoms with Crippen molar-refractivity contribution in [2.75, 3.05) is 13.2 Å². The highest BCUT2D eigenvalue weighted by atomic mass is 16.5. The summed E-state index contributed by atoms with van der Waals surface area (Å²) in [6, 6.07) is 7.33. The van der Waals surface area contributed by atoms with E-state index in [1.54, 1.807) is 12.1 Å². The molecule has 0 atom stereocenters. The first-order chi connectivity index (χ1) is 14.8. The fourth-order valence-corrected chi connectivity index (χ4v) is 3.52. The van der Waals surface area contributed by atoms with Crippen molar-refractivity contribution in [3.05, 3.63) is 35.4 Å². The fourth-order valence-electron chi connectivity index (χ4n) is 3.52. The van der Waals surface area contributed by atoms with E-state index in [0.29, 0.717) is 18.8 Å². The van der Waals surface area contributed by atoms with Crippen molar-refractivity contribution in [3.63, 3.8) is 0 Å². The lowest BCUT2D eigenvalue weighted by molar-refractivity contribution is 0.0526. The van der Waals surface area contributed by atoms with Gasteiger partial charge in [-0.15, -0.1) is 0 Å². The summed E-state index contributed by atoms with van der Waals surface area (Å²) < 4.78 is 4.98. The molecule has 1 aromatic rings. The van der Waals surface area contributed by atoms with Gasteiger partial charge in [0, 0.05) is 18.6 Å². The van der Waals surface area contributed by atoms with Crippen LogP contribution in [0.25, 0.3) is 0 Å². The van der Waals surface area contributed by atoms with Crippen LogP contribution in [0.3, 0.4) is 0 Å². The summed E-state index contributed by atoms with van der Waals surface area (Å²) in [5, 5.41) is 8.74. The molecule has 0 aliphatic heterocycles. The monoisotopic (exact) mass is 414 g/mol. The minimum atomic E-state index is -0.276. The molecule has 0 bridgehead atoms. The molecule has 0 aliphatic rings. The summed E-state index contributed by atoms with van der Waals surface area (Å²) in [6.07, 6.45) is 19.1. The Balaban J connectivity index is 1.92. The maximum Gasteiger partial charge on any atom is 0.338 e. The van der Waals surface area contributed by atoms with E-state index in [9.17, 15) is 4.79 Å². The molecule has 0 saturated carbocycles. The molecule has 0 amide bonds. The standard InChI is InChI=1S/C27H42O3/c1-2-30-27(29)26-22-20-25(21-23-26)19-17-15-13-11-9-7-5-3-4-6-8-10-12-14-16-18-24-28/h20-23,28H,2-16,18,24H2,1H3. The van der Waals surface area contributed by atoms with E-state index in [0.717, 1.165) is 18.4 Å². The van der Waals surface area contributed by atoms with E-state index in [2.05, 4.69) is 11.8 Å². The molecule has 0 aliphatic carbocycles. The minimum Gasteiger partial charge on any atom is -0.462 e. The first kappa shape index (κ1) is 26.2. The molecule has 0 radical (unpaired) electrons. The van der Waals surface area contributed by atoms with Gasteiger partial charge in [-0.1, -0.05) is 88.9 Å². The molecule has 0 aromatic heterocycles. The second kappa shape index (κ2) is 19.2. The predicted molar refractivity (Wildman–Crippen MR) is 126 cm³/mol. The molecule has 30 heavy (non-hydrogen) atoms. The zero-order chi connectivity index (χ0) is 21.7. The molecule has 1 aromatic carbocycles. The van der Waals surface area contributed by atoms with Crippen LogP contribution in [0.15, 0.2) is 24.3 Å². The van der Waals surface area contributed by atoms with E-state index in [1.807, 2.05) is 19.1 Å². The summed E-state index contributed by atoms with van der Waals surface area (Å²) in [4.78, 5) is 11.6. The fraction of sp³-hybridized carbons (Fsp3) is 0.667. The summed E-state index contributed by atoms with van der Waals surface area (Å²) in [5.74, 6) is 6.15. The van der Waals surface area contributed by atoms with Gasteiger partial charge in [0.2, 0.25) is 0 Å². The minimum absolute atomic E-state index is 0.276. The number of aliphatic hydroxyl groups excluding tert-OH is 1. The van der Waals surface area contributed by atoms with E-state index < -0.39 is 0 Å². The van der Waals surface area contributed by atoms with Crippen LogP contribution in [0.5, 0.6) is 0 Å². The van der Waals surface area contributed by atoms with E-state index in [1.165, 1.54) is 83.5 Å². The largest absolute Gasteiger partial charge is 0.462 e. The Morgan fingerprint density at radius 1 is 0.767 bits per heavy atom. The number of unbranched alkanes of at least 4 members (excludes halogenated alkanes) is 14. The molecule has 0 fully saturated rings. The van der Waals surface area contributed by atoms with Crippen molar-refractivity contribution in [2.24, 2.45) is 0 Å². The number of ether oxygens (including phenoxy) is 1. The molecule has 3 nitrogen and oxygen atoms in total. The molecular formula is C27H42O3. The number of hydrogen-bond acceptors (Lipinski definition) is 3. The van der Waals surface area contributed by atoms with Crippen LogP contribution in [0, 0.1) is 11.8 Å². The van der Waals surface area contributed by atoms with Gasteiger partial charge in [-0.25, -0.2) is 4.79 Å². The normalized spacial score (nSPS) is 10.5. The maximum atomic E-state index is 11.6. The summed E-state index contributed by atoms with van der Waals surface area (Å²) >= 11 is 0. The number of carbonyl (C=O) groups excluding carboxylic acids is 1. The van der Waals surface area contributed by atoms with Gasteiger partial charge in [-0.05, 0) is 44.0 Å². The molecule has 0 unspecified atom stereocenters. The van der Waals surface area contributed by atoms with Crippen molar-refractivity contribution < 1.29 is 14.6 Å². The third-order valence-corrected chi connectivity index (χ3v) is 5.34. The first-order valence-corrected chi connectivity index (χ1v) is 12.1. The lowest BCUT2D eigenvalue weighted by Crippen LogP contribution is -2.04. The summed E-state index contributed by atoms with van der Waals surface area (Å²) in [5.41, 5.74) is 1.53. The second-order valence-corrected chi connectivity index (χ2v) is 8.02. The van der Waals surface area contributed by atoms with Crippen LogP contribution >= 0.6 is 0 Å². The third-order valence-electron chi connectivity index (χ3n) is 5.34. The molecular weight excluding hydrogens is 372 g/mol. The zero-order valence-electron chi connectivity index (χ0n) is 19.1. The van der Waals surface area contributed by atoms with E-state index in [4.69, 9.17) is 9.84 Å². The van der Waals surface area contributed by atoms with Gasteiger partial charge in [-0.3, -0.25) is 0 Å². The van der Waals surface area contributed by atoms with Crippen molar-refractivity contribution in [3.8, 4) is 11.8 Å². The van der Waals surface area contributed by atoms with Gasteiger partial charge >= 0.3 is 5.97 Å². The molecule has 168 valence electrons. The van der Waals surface area contributed by atoms with Gasteiger partial charge in [0.1, 0.15) is 0 Å². The molecule has 0 heterocycles. The summed E-state index contributed by atoms with van der Waals surface area (Å²) in [7, 11) is 0. The van der Waals surface area contributed by atoms with E-state index >= 15 is 0 Å². The Kier molecular flexibility index (Phi) is 16.8. The highest BCUT2D eigenvalue weighted by Gasteiger charge is 2.04. The smallest absolute Gasteiger partial charge is 0.338 e. The zero-order valence-corrected chi connectivity index (χ0v) is 19.1. The van der Waals surface area contributed by atoms with Gasteiger partial charge in [0.25, 0.3) is 0 Å². The number of carbonyl (C=O) groups is 1. The van der Waals surface area contributed by atoms with E-state index in [-0.39, 0.29) is 5.97 Å². The Bertz CT molecular complexity index is 595. The van der Waals surface area contributed by atoms with Crippen LogP contribution in [-0.2, 0) is 4.74 Å². The number of esters is 1. The van der Waals surface area contributed by atoms with Crippen molar-refractivity contribution in [1.82, 2.24) is 0 Å². The Morgan fingerprint density at radius 2 is 1.23 bits per heavy atom. The van der Waals surface area contributed by atoms with Gasteiger partial charge < -0.3 is 9.84 Å². The summed E-state index contributed by atoms with van der Waals surface area (Å²) in [6.45, 7) is 2.56. The lowest BCUT2D eigenvalue weighted by atomic mass is 10.0. The van der Waals surface area contributed by atoms with Crippen LogP contribution in [-0.4, -0.2) is 24.3 Å². The molecule has 1 N–H and O–H groups in total. The highest BCUT2D eigenvalue weighted by Crippen LogP contribution is 2.13. The van der Waals surface area contributed by atoms with Crippen molar-refractivity contribution in [2.45, 2.75) is 103 Å². The lowest BCUT2D eigenvalue weighted by Gasteiger charge is -2.03. The predicted octanol–water partition coefficient (Wildman–Crippen LogP) is 7.06. The van der Waals surface area contributed by atoms with Gasteiger partial charge in [-0.2, -0.15) is 0 Å². The van der Waals surface area contributed by atoms with Crippen LogP contribution in [0.2, 0.25) is 0 Å². The highest BCUT2D eigenvalue weighted by molar-refractivity contribution is 5.89. The first-order valence-electron chi connectivity index (χ1n) is 12.1. The number of aliphatic hydroxyl groups is 1. The van der Waals surface area contributed by atoms with Crippen LogP contribution in [0.4, 0.5) is 0 Å². The Hall–Kier alpha value is -1.79. The molecule has 0 saturated heterocycles. The van der Waals surface area contributed by atoms with Gasteiger partial charge in [0.15, 0.2) is 0 Å². The van der Waals surface area contributed by atoms with Crippen molar-refractivity contribution >= 4 is 5.97 Å². The average Bonchev–Trinajstić information content (AvgIpc) is 2.76. The van der Waals surface area contributed by atoms with Gasteiger partial charge in [0.05, 0.1) is 12.2 Å². The third kappa shape index (κ3) is 14.2.